The second kappa shape index (κ2) is 8.81. The summed E-state index contributed by atoms with van der Waals surface area (Å²) in [6.07, 6.45) is 5.24. The molecule has 0 bridgehead atoms. The predicted octanol–water partition coefficient (Wildman–Crippen LogP) is -1.04. The van der Waals surface area contributed by atoms with E-state index < -0.39 is 18.5 Å². The van der Waals surface area contributed by atoms with E-state index in [1.807, 2.05) is 0 Å². The van der Waals surface area contributed by atoms with Gasteiger partial charge in [-0.25, -0.2) is 4.79 Å². The number of aliphatic carboxylic acids is 1. The van der Waals surface area contributed by atoms with Gasteiger partial charge in [-0.15, -0.1) is 6.42 Å². The Morgan fingerprint density at radius 1 is 1.33 bits per heavy atom. The average Bonchev–Trinajstić information content (AvgIpc) is 2.47. The third-order valence-electron chi connectivity index (χ3n) is 2.87. The van der Waals surface area contributed by atoms with Crippen molar-refractivity contribution in [1.82, 2.24) is 15.1 Å². The fourth-order valence-corrected chi connectivity index (χ4v) is 1.83. The lowest BCUT2D eigenvalue weighted by Crippen LogP contribution is -2.45. The Balaban J connectivity index is 2.32. The number of amides is 3. The highest BCUT2D eigenvalue weighted by Crippen LogP contribution is 1.99. The summed E-state index contributed by atoms with van der Waals surface area (Å²) in [4.78, 5) is 36.8. The van der Waals surface area contributed by atoms with Crippen LogP contribution in [0.2, 0.25) is 0 Å². The largest absolute Gasteiger partial charge is 0.480 e. The second-order valence-electron chi connectivity index (χ2n) is 4.43. The van der Waals surface area contributed by atoms with Crippen molar-refractivity contribution < 1.29 is 24.2 Å². The van der Waals surface area contributed by atoms with Crippen LogP contribution in [0.4, 0.5) is 4.79 Å². The van der Waals surface area contributed by atoms with E-state index in [-0.39, 0.29) is 25.4 Å². The molecule has 21 heavy (non-hydrogen) atoms. The van der Waals surface area contributed by atoms with E-state index >= 15 is 0 Å². The molecular weight excluding hydrogens is 278 g/mol. The number of rotatable bonds is 6. The van der Waals surface area contributed by atoms with Crippen LogP contribution in [-0.4, -0.2) is 78.8 Å². The van der Waals surface area contributed by atoms with Gasteiger partial charge in [0.05, 0.1) is 19.8 Å². The third kappa shape index (κ3) is 6.14. The molecule has 1 fully saturated rings. The zero-order chi connectivity index (χ0) is 15.7. The van der Waals surface area contributed by atoms with Crippen LogP contribution in [0, 0.1) is 12.3 Å². The summed E-state index contributed by atoms with van der Waals surface area (Å²) in [7, 11) is 0. The third-order valence-corrected chi connectivity index (χ3v) is 2.87. The first-order valence-corrected chi connectivity index (χ1v) is 6.58. The van der Waals surface area contributed by atoms with E-state index in [0.717, 1.165) is 4.90 Å². The van der Waals surface area contributed by atoms with Gasteiger partial charge in [-0.3, -0.25) is 9.59 Å². The minimum absolute atomic E-state index is 0.0691. The maximum absolute atomic E-state index is 11.8. The first-order valence-electron chi connectivity index (χ1n) is 6.58. The summed E-state index contributed by atoms with van der Waals surface area (Å²) in [5.41, 5.74) is 0. The molecule has 8 nitrogen and oxygen atoms in total. The summed E-state index contributed by atoms with van der Waals surface area (Å²) >= 11 is 0. The minimum Gasteiger partial charge on any atom is -0.480 e. The molecule has 0 aromatic carbocycles. The van der Waals surface area contributed by atoms with Gasteiger partial charge in [0.1, 0.15) is 6.54 Å². The van der Waals surface area contributed by atoms with Gasteiger partial charge in [0.2, 0.25) is 5.91 Å². The van der Waals surface area contributed by atoms with E-state index in [9.17, 15) is 14.4 Å². The highest BCUT2D eigenvalue weighted by atomic mass is 16.5. The molecule has 0 radical (unpaired) electrons. The number of nitrogens with one attached hydrogen (secondary N) is 1. The topological polar surface area (TPSA) is 99.2 Å². The van der Waals surface area contributed by atoms with Crippen LogP contribution in [0.25, 0.3) is 0 Å². The molecule has 1 heterocycles. The zero-order valence-electron chi connectivity index (χ0n) is 11.7. The van der Waals surface area contributed by atoms with Crippen molar-refractivity contribution in [3.63, 3.8) is 0 Å². The Morgan fingerprint density at radius 3 is 2.57 bits per heavy atom. The number of carboxylic acid groups (broad SMARTS) is 1. The standard InChI is InChI=1S/C13H19N3O5/c1-2-5-16(10-12(18)19)13(20)14-4-3-11(17)15-6-8-21-9-7-15/h1H,3-10H2,(H,14,20)(H,18,19). The molecule has 1 aliphatic rings. The number of urea groups is 1. The van der Waals surface area contributed by atoms with E-state index in [4.69, 9.17) is 16.3 Å². The van der Waals surface area contributed by atoms with Gasteiger partial charge in [-0.05, 0) is 0 Å². The Bertz CT molecular complexity index is 426. The van der Waals surface area contributed by atoms with Gasteiger partial charge < -0.3 is 25.0 Å². The van der Waals surface area contributed by atoms with Crippen LogP contribution in [0.1, 0.15) is 6.42 Å². The molecule has 1 rings (SSSR count). The van der Waals surface area contributed by atoms with Crippen molar-refractivity contribution in [2.24, 2.45) is 0 Å². The van der Waals surface area contributed by atoms with Gasteiger partial charge in [0.15, 0.2) is 0 Å². The number of ether oxygens (including phenoxy) is 1. The zero-order valence-corrected chi connectivity index (χ0v) is 11.7. The first kappa shape index (κ1) is 16.8. The summed E-state index contributed by atoms with van der Waals surface area (Å²) in [5, 5.41) is 11.2. The van der Waals surface area contributed by atoms with Crippen LogP contribution in [0.15, 0.2) is 0 Å². The lowest BCUT2D eigenvalue weighted by molar-refractivity contribution is -0.137. The SMILES string of the molecule is C#CCN(CC(=O)O)C(=O)NCCC(=O)N1CCOCC1. The molecule has 0 aliphatic carbocycles. The molecule has 3 amide bonds. The molecular formula is C13H19N3O5. The number of morpholine rings is 1. The quantitative estimate of drug-likeness (QED) is 0.610. The summed E-state index contributed by atoms with van der Waals surface area (Å²) < 4.78 is 5.14. The van der Waals surface area contributed by atoms with Gasteiger partial charge in [-0.1, -0.05) is 5.92 Å². The molecule has 116 valence electrons. The van der Waals surface area contributed by atoms with Crippen molar-refractivity contribution in [2.45, 2.75) is 6.42 Å². The normalized spacial score (nSPS) is 14.1. The van der Waals surface area contributed by atoms with E-state index in [1.54, 1.807) is 4.90 Å². The fourth-order valence-electron chi connectivity index (χ4n) is 1.83. The number of carboxylic acids is 1. The Labute approximate surface area is 123 Å². The van der Waals surface area contributed by atoms with Crippen molar-refractivity contribution in [3.05, 3.63) is 0 Å². The van der Waals surface area contributed by atoms with Crippen LogP contribution >= 0.6 is 0 Å². The van der Waals surface area contributed by atoms with Gasteiger partial charge in [0, 0.05) is 26.1 Å². The number of hydrogen-bond donors (Lipinski definition) is 2. The molecule has 8 heteroatoms. The highest BCUT2D eigenvalue weighted by molar-refractivity contribution is 5.81. The molecule has 1 aliphatic heterocycles. The smallest absolute Gasteiger partial charge is 0.323 e. The van der Waals surface area contributed by atoms with Gasteiger partial charge >= 0.3 is 12.0 Å². The van der Waals surface area contributed by atoms with Crippen molar-refractivity contribution in [3.8, 4) is 12.3 Å². The summed E-state index contributed by atoms with van der Waals surface area (Å²) in [5.74, 6) is 1.00. The van der Waals surface area contributed by atoms with Crippen LogP contribution < -0.4 is 5.32 Å². The van der Waals surface area contributed by atoms with Gasteiger partial charge in [-0.2, -0.15) is 0 Å². The van der Waals surface area contributed by atoms with Crippen LogP contribution in [-0.2, 0) is 14.3 Å². The molecule has 0 unspecified atom stereocenters. The molecule has 0 saturated carbocycles. The molecule has 0 aromatic heterocycles. The van der Waals surface area contributed by atoms with E-state index in [1.165, 1.54) is 0 Å². The molecule has 0 aromatic rings. The molecule has 0 atom stereocenters. The Kier molecular flexibility index (Phi) is 7.04. The first-order chi connectivity index (χ1) is 10.0. The second-order valence-corrected chi connectivity index (χ2v) is 4.43. The predicted molar refractivity (Wildman–Crippen MR) is 73.5 cm³/mol. The Morgan fingerprint density at radius 2 is 2.00 bits per heavy atom. The van der Waals surface area contributed by atoms with E-state index in [2.05, 4.69) is 11.2 Å². The van der Waals surface area contributed by atoms with Crippen molar-refractivity contribution in [1.29, 1.82) is 0 Å². The monoisotopic (exact) mass is 297 g/mol. The lowest BCUT2D eigenvalue weighted by Gasteiger charge is -2.27. The minimum atomic E-state index is -1.15. The number of hydrogen-bond acceptors (Lipinski definition) is 4. The lowest BCUT2D eigenvalue weighted by atomic mass is 10.3. The van der Waals surface area contributed by atoms with E-state index in [0.29, 0.717) is 26.3 Å². The van der Waals surface area contributed by atoms with Crippen LogP contribution in [0.3, 0.4) is 0 Å². The summed E-state index contributed by atoms with van der Waals surface area (Å²) in [6, 6.07) is -0.592. The number of carbonyl (C=O) groups excluding carboxylic acids is 2. The maximum Gasteiger partial charge on any atom is 0.323 e. The fraction of sp³-hybridized carbons (Fsp3) is 0.615. The van der Waals surface area contributed by atoms with Crippen molar-refractivity contribution >= 4 is 17.9 Å². The number of terminal acetylenes is 1. The number of nitrogens with zero attached hydrogens (tertiary/aromatic N) is 2. The van der Waals surface area contributed by atoms with Crippen LogP contribution in [0.5, 0.6) is 0 Å². The van der Waals surface area contributed by atoms with Gasteiger partial charge in [0.25, 0.3) is 0 Å². The summed E-state index contributed by atoms with van der Waals surface area (Å²) in [6.45, 7) is 1.70. The van der Waals surface area contributed by atoms with Crippen molar-refractivity contribution in [2.75, 3.05) is 45.9 Å². The number of carbonyl (C=O) groups is 3. The molecule has 1 saturated heterocycles. The Hall–Kier alpha value is -2.27. The molecule has 0 spiro atoms. The molecule has 2 N–H and O–H groups in total. The highest BCUT2D eigenvalue weighted by Gasteiger charge is 2.18. The average molecular weight is 297 g/mol. The maximum atomic E-state index is 11.8.